The van der Waals surface area contributed by atoms with E-state index in [0.717, 1.165) is 0 Å². The third-order valence-corrected chi connectivity index (χ3v) is 3.29. The first-order chi connectivity index (χ1) is 12.9. The molecule has 0 fully saturated rings. The van der Waals surface area contributed by atoms with Crippen molar-refractivity contribution in [3.8, 4) is 17.8 Å². The summed E-state index contributed by atoms with van der Waals surface area (Å²) in [6.07, 6.45) is 2.76. The van der Waals surface area contributed by atoms with Crippen LogP contribution in [0.1, 0.15) is 17.0 Å². The molecule has 0 aliphatic rings. The number of nitriles is 2. The zero-order valence-corrected chi connectivity index (χ0v) is 14.1. The summed E-state index contributed by atoms with van der Waals surface area (Å²) in [7, 11) is 0. The second-order valence-electron chi connectivity index (χ2n) is 5.07. The van der Waals surface area contributed by atoms with Gasteiger partial charge in [0.15, 0.2) is 0 Å². The summed E-state index contributed by atoms with van der Waals surface area (Å²) < 4.78 is 1.35. The van der Waals surface area contributed by atoms with E-state index in [4.69, 9.17) is 22.0 Å². The van der Waals surface area contributed by atoms with Crippen molar-refractivity contribution in [2.45, 2.75) is 6.92 Å². The van der Waals surface area contributed by atoms with Crippen LogP contribution in [0.3, 0.4) is 0 Å². The molecule has 0 amide bonds. The molecular weight excluding hydrogens is 350 g/mol. The molecular formula is C16H13N9O2. The Kier molecular flexibility index (Phi) is 5.61. The highest BCUT2D eigenvalue weighted by Gasteiger charge is 2.10. The predicted octanol–water partition coefficient (Wildman–Crippen LogP) is 1.47. The second kappa shape index (κ2) is 8.04. The Labute approximate surface area is 153 Å². The largest absolute Gasteiger partial charge is 0.382 e. The van der Waals surface area contributed by atoms with E-state index < -0.39 is 4.92 Å². The molecule has 0 saturated carbocycles. The van der Waals surface area contributed by atoms with Gasteiger partial charge < -0.3 is 11.5 Å². The van der Waals surface area contributed by atoms with Crippen LogP contribution in [0.15, 0.2) is 36.7 Å². The zero-order valence-electron chi connectivity index (χ0n) is 14.1. The van der Waals surface area contributed by atoms with E-state index in [2.05, 4.69) is 15.1 Å². The van der Waals surface area contributed by atoms with Gasteiger partial charge in [-0.25, -0.2) is 14.6 Å². The highest BCUT2D eigenvalue weighted by atomic mass is 16.6. The molecule has 0 spiro atoms. The molecule has 3 rings (SSSR count). The van der Waals surface area contributed by atoms with Crippen molar-refractivity contribution in [2.24, 2.45) is 0 Å². The highest BCUT2D eigenvalue weighted by molar-refractivity contribution is 5.53. The molecule has 0 aliphatic carbocycles. The van der Waals surface area contributed by atoms with Gasteiger partial charge in [0.1, 0.15) is 40.7 Å². The minimum Gasteiger partial charge on any atom is -0.382 e. The molecule has 0 atom stereocenters. The average molecular weight is 363 g/mol. The number of hydrogen-bond donors (Lipinski definition) is 2. The first-order valence-electron chi connectivity index (χ1n) is 7.35. The minimum atomic E-state index is -0.489. The molecule has 27 heavy (non-hydrogen) atoms. The van der Waals surface area contributed by atoms with E-state index in [0.29, 0.717) is 17.1 Å². The van der Waals surface area contributed by atoms with Gasteiger partial charge in [-0.3, -0.25) is 10.1 Å². The normalized spacial score (nSPS) is 9.44. The number of aromatic nitrogens is 4. The van der Waals surface area contributed by atoms with E-state index in [1.54, 1.807) is 6.92 Å². The average Bonchev–Trinajstić information content (AvgIpc) is 3.03. The van der Waals surface area contributed by atoms with Crippen LogP contribution in [-0.2, 0) is 0 Å². The highest BCUT2D eigenvalue weighted by Crippen LogP contribution is 2.19. The van der Waals surface area contributed by atoms with Gasteiger partial charge in [-0.2, -0.15) is 15.6 Å². The molecule has 0 radical (unpaired) electrons. The number of non-ortho nitro benzene ring substituents is 1. The quantitative estimate of drug-likeness (QED) is 0.502. The molecule has 2 heterocycles. The van der Waals surface area contributed by atoms with E-state index in [1.807, 2.05) is 12.1 Å². The minimum absolute atomic E-state index is 0.0139. The van der Waals surface area contributed by atoms with Crippen molar-refractivity contribution in [3.63, 3.8) is 0 Å². The Morgan fingerprint density at radius 1 is 1.11 bits per heavy atom. The number of rotatable bonds is 2. The van der Waals surface area contributed by atoms with Gasteiger partial charge in [0, 0.05) is 12.1 Å². The fourth-order valence-electron chi connectivity index (χ4n) is 1.94. The molecule has 0 saturated heterocycles. The van der Waals surface area contributed by atoms with E-state index >= 15 is 0 Å². The van der Waals surface area contributed by atoms with E-state index in [-0.39, 0.29) is 22.9 Å². The molecule has 134 valence electrons. The van der Waals surface area contributed by atoms with Gasteiger partial charge in [0.25, 0.3) is 5.69 Å². The molecule has 4 N–H and O–H groups in total. The predicted molar refractivity (Wildman–Crippen MR) is 95.2 cm³/mol. The number of nitrogens with zero attached hydrogens (tertiary/aromatic N) is 7. The van der Waals surface area contributed by atoms with Crippen LogP contribution < -0.4 is 11.5 Å². The number of aryl methyl sites for hydroxylation is 1. The number of nitrogens with two attached hydrogens (primary N) is 2. The van der Waals surface area contributed by atoms with E-state index in [9.17, 15) is 10.1 Å². The number of anilines is 2. The summed E-state index contributed by atoms with van der Waals surface area (Å²) in [6.45, 7) is 1.72. The lowest BCUT2D eigenvalue weighted by molar-refractivity contribution is -0.384. The summed E-state index contributed by atoms with van der Waals surface area (Å²) in [5.41, 5.74) is 12.2. The maximum Gasteiger partial charge on any atom is 0.269 e. The Morgan fingerprint density at radius 3 is 2.22 bits per heavy atom. The Morgan fingerprint density at radius 2 is 1.74 bits per heavy atom. The lowest BCUT2D eigenvalue weighted by Crippen LogP contribution is -2.02. The van der Waals surface area contributed by atoms with Gasteiger partial charge in [0.05, 0.1) is 23.0 Å². The maximum atomic E-state index is 10.5. The van der Waals surface area contributed by atoms with Crippen molar-refractivity contribution in [2.75, 3.05) is 11.5 Å². The summed E-state index contributed by atoms with van der Waals surface area (Å²) in [5.74, 6) is 1.04. The first-order valence-corrected chi connectivity index (χ1v) is 7.35. The van der Waals surface area contributed by atoms with Crippen LogP contribution in [0.4, 0.5) is 17.3 Å². The van der Waals surface area contributed by atoms with Crippen molar-refractivity contribution in [1.29, 1.82) is 10.5 Å². The molecule has 11 heteroatoms. The number of hydrogen-bond acceptors (Lipinski definition) is 9. The topological polar surface area (TPSA) is 186 Å². The molecule has 0 aliphatic heterocycles. The van der Waals surface area contributed by atoms with Crippen molar-refractivity contribution in [3.05, 3.63) is 63.7 Å². The smallest absolute Gasteiger partial charge is 0.269 e. The Bertz CT molecular complexity index is 1060. The second-order valence-corrected chi connectivity index (χ2v) is 5.07. The number of nitro groups is 1. The van der Waals surface area contributed by atoms with Gasteiger partial charge >= 0.3 is 0 Å². The fraction of sp³-hybridized carbons (Fsp3) is 0.0625. The summed E-state index contributed by atoms with van der Waals surface area (Å²) in [6, 6.07) is 9.50. The molecule has 0 bridgehead atoms. The molecule has 1 aromatic carbocycles. The van der Waals surface area contributed by atoms with Crippen LogP contribution in [0.25, 0.3) is 5.69 Å². The number of nitrogen functional groups attached to an aromatic ring is 2. The Balaban J connectivity index is 0.000000223. The van der Waals surface area contributed by atoms with Crippen LogP contribution in [0, 0.1) is 39.7 Å². The molecule has 2 aromatic heterocycles. The van der Waals surface area contributed by atoms with Crippen molar-refractivity contribution >= 4 is 17.3 Å². The van der Waals surface area contributed by atoms with Gasteiger partial charge in [-0.05, 0) is 19.1 Å². The zero-order chi connectivity index (χ0) is 20.0. The lowest BCUT2D eigenvalue weighted by atomic mass is 10.3. The molecule has 3 aromatic rings. The van der Waals surface area contributed by atoms with Gasteiger partial charge in [0.2, 0.25) is 0 Å². The molecule has 11 nitrogen and oxygen atoms in total. The van der Waals surface area contributed by atoms with Crippen molar-refractivity contribution < 1.29 is 4.92 Å². The summed E-state index contributed by atoms with van der Waals surface area (Å²) >= 11 is 0. The lowest BCUT2D eigenvalue weighted by Gasteiger charge is -2.02. The van der Waals surface area contributed by atoms with Crippen molar-refractivity contribution in [1.82, 2.24) is 19.7 Å². The third-order valence-electron chi connectivity index (χ3n) is 3.29. The maximum absolute atomic E-state index is 10.5. The van der Waals surface area contributed by atoms with Crippen LogP contribution in [0.5, 0.6) is 0 Å². The van der Waals surface area contributed by atoms with Crippen LogP contribution >= 0.6 is 0 Å². The summed E-state index contributed by atoms with van der Waals surface area (Å²) in [4.78, 5) is 17.6. The third kappa shape index (κ3) is 4.32. The summed E-state index contributed by atoms with van der Waals surface area (Å²) in [5, 5.41) is 31.5. The Hall–Kier alpha value is -4.51. The van der Waals surface area contributed by atoms with Crippen LogP contribution in [-0.4, -0.2) is 24.7 Å². The van der Waals surface area contributed by atoms with Gasteiger partial charge in [-0.15, -0.1) is 0 Å². The number of benzene rings is 1. The van der Waals surface area contributed by atoms with Gasteiger partial charge in [-0.1, -0.05) is 0 Å². The number of nitro benzene ring substituents is 1. The first kappa shape index (κ1) is 18.8. The SMILES string of the molecule is Cc1ncc(C#N)c(N)n1.N#Cc1cnn(-c2ccc([N+](=O)[O-])cc2)c1N. The van der Waals surface area contributed by atoms with Crippen LogP contribution in [0.2, 0.25) is 0 Å². The molecule has 0 unspecified atom stereocenters. The fourth-order valence-corrected chi connectivity index (χ4v) is 1.94. The van der Waals surface area contributed by atoms with E-state index in [1.165, 1.54) is 41.3 Å². The monoisotopic (exact) mass is 363 g/mol. The standard InChI is InChI=1S/C10H7N5O2.C6H6N4/c11-5-7-6-13-14(10(7)12)8-1-3-9(4-2-8)15(16)17;1-4-9-3-5(2-7)6(8)10-4/h1-4,6H,12H2;3H,1H3,(H2,8,9,10).